The van der Waals surface area contributed by atoms with E-state index in [9.17, 15) is 4.79 Å². The maximum absolute atomic E-state index is 11.9. The van der Waals surface area contributed by atoms with Crippen molar-refractivity contribution < 1.29 is 4.79 Å². The van der Waals surface area contributed by atoms with Gasteiger partial charge >= 0.3 is 0 Å². The number of rotatable bonds is 3. The van der Waals surface area contributed by atoms with E-state index < -0.39 is 0 Å². The van der Waals surface area contributed by atoms with Gasteiger partial charge in [0.05, 0.1) is 15.4 Å². The second-order valence-corrected chi connectivity index (χ2v) is 7.33. The Morgan fingerprint density at radius 2 is 2.06 bits per heavy atom. The highest BCUT2D eigenvalue weighted by Crippen LogP contribution is 2.24. The molecular formula is C12H8Br2ClNOS. The van der Waals surface area contributed by atoms with Crippen LogP contribution in [0.1, 0.15) is 15.2 Å². The minimum Gasteiger partial charge on any atom is -0.347 e. The highest BCUT2D eigenvalue weighted by molar-refractivity contribution is 9.11. The predicted molar refractivity (Wildman–Crippen MR) is 82.3 cm³/mol. The third-order valence-corrected chi connectivity index (χ3v) is 5.09. The number of nitrogens with one attached hydrogen (secondary N) is 1. The normalized spacial score (nSPS) is 10.4. The fourth-order valence-electron chi connectivity index (χ4n) is 1.35. The fraction of sp³-hybridized carbons (Fsp3) is 0.0833. The summed E-state index contributed by atoms with van der Waals surface area (Å²) in [4.78, 5) is 13.0. The van der Waals surface area contributed by atoms with Crippen LogP contribution in [0.4, 0.5) is 0 Å². The van der Waals surface area contributed by atoms with Crippen LogP contribution in [0.25, 0.3) is 0 Å². The SMILES string of the molecule is O=C(NCc1ccc(Br)s1)c1ccc(Br)c(Cl)c1. The standard InChI is InChI=1S/C12H8Br2ClNOS/c13-9-3-1-7(5-10(9)15)12(17)16-6-8-2-4-11(14)18-8/h1-5H,6H2,(H,16,17). The highest BCUT2D eigenvalue weighted by Gasteiger charge is 2.08. The van der Waals surface area contributed by atoms with Crippen molar-refractivity contribution in [3.63, 3.8) is 0 Å². The molecule has 1 N–H and O–H groups in total. The Balaban J connectivity index is 2.01. The first kappa shape index (κ1) is 14.1. The Hall–Kier alpha value is -0.360. The summed E-state index contributed by atoms with van der Waals surface area (Å²) in [6.07, 6.45) is 0. The summed E-state index contributed by atoms with van der Waals surface area (Å²) in [5.74, 6) is -0.131. The summed E-state index contributed by atoms with van der Waals surface area (Å²) < 4.78 is 1.83. The minimum absolute atomic E-state index is 0.131. The molecule has 0 aliphatic rings. The van der Waals surface area contributed by atoms with E-state index in [2.05, 4.69) is 37.2 Å². The molecule has 0 saturated carbocycles. The van der Waals surface area contributed by atoms with Crippen LogP contribution in [0.5, 0.6) is 0 Å². The summed E-state index contributed by atoms with van der Waals surface area (Å²) in [5, 5.41) is 3.38. The molecule has 1 aromatic heterocycles. The van der Waals surface area contributed by atoms with E-state index in [-0.39, 0.29) is 5.91 Å². The number of benzene rings is 1. The number of amides is 1. The van der Waals surface area contributed by atoms with Crippen LogP contribution in [-0.2, 0) is 6.54 Å². The lowest BCUT2D eigenvalue weighted by Gasteiger charge is -2.04. The minimum atomic E-state index is -0.131. The Labute approximate surface area is 131 Å². The molecule has 94 valence electrons. The first-order valence-corrected chi connectivity index (χ1v) is 7.82. The Morgan fingerprint density at radius 1 is 1.28 bits per heavy atom. The third-order valence-electron chi connectivity index (χ3n) is 2.23. The van der Waals surface area contributed by atoms with Crippen LogP contribution >= 0.6 is 54.8 Å². The van der Waals surface area contributed by atoms with Gasteiger partial charge in [-0.25, -0.2) is 0 Å². The zero-order valence-electron chi connectivity index (χ0n) is 9.04. The molecule has 1 amide bonds. The van der Waals surface area contributed by atoms with Crippen LogP contribution in [-0.4, -0.2) is 5.91 Å². The van der Waals surface area contributed by atoms with Gasteiger partial charge in [-0.15, -0.1) is 11.3 Å². The lowest BCUT2D eigenvalue weighted by atomic mass is 10.2. The number of thiophene rings is 1. The summed E-state index contributed by atoms with van der Waals surface area (Å²) in [6.45, 7) is 0.517. The van der Waals surface area contributed by atoms with Gasteiger partial charge in [-0.05, 0) is 62.2 Å². The maximum atomic E-state index is 11.9. The molecular weight excluding hydrogens is 401 g/mol. The smallest absolute Gasteiger partial charge is 0.251 e. The van der Waals surface area contributed by atoms with Gasteiger partial charge in [0.25, 0.3) is 5.91 Å². The topological polar surface area (TPSA) is 29.1 Å². The first-order chi connectivity index (χ1) is 8.56. The molecule has 0 aliphatic heterocycles. The zero-order valence-corrected chi connectivity index (χ0v) is 13.8. The number of hydrogen-bond donors (Lipinski definition) is 1. The van der Waals surface area contributed by atoms with Crippen LogP contribution in [0, 0.1) is 0 Å². The molecule has 0 bridgehead atoms. The molecule has 2 nitrogen and oxygen atoms in total. The van der Waals surface area contributed by atoms with Crippen LogP contribution in [0.15, 0.2) is 38.6 Å². The average Bonchev–Trinajstić information content (AvgIpc) is 2.75. The van der Waals surface area contributed by atoms with Gasteiger partial charge in [0.15, 0.2) is 0 Å². The van der Waals surface area contributed by atoms with Gasteiger partial charge in [0.1, 0.15) is 0 Å². The molecule has 0 radical (unpaired) electrons. The van der Waals surface area contributed by atoms with Crippen molar-refractivity contribution in [2.45, 2.75) is 6.54 Å². The Morgan fingerprint density at radius 3 is 2.67 bits per heavy atom. The number of halogens is 3. The van der Waals surface area contributed by atoms with E-state index in [0.29, 0.717) is 17.1 Å². The average molecular weight is 410 g/mol. The van der Waals surface area contributed by atoms with Gasteiger partial charge in [0, 0.05) is 14.9 Å². The molecule has 0 spiro atoms. The Bertz CT molecular complexity index is 585. The summed E-state index contributed by atoms with van der Waals surface area (Å²) >= 11 is 14.2. The molecule has 1 aromatic carbocycles. The zero-order chi connectivity index (χ0) is 13.1. The fourth-order valence-corrected chi connectivity index (χ4v) is 3.20. The third kappa shape index (κ3) is 3.57. The van der Waals surface area contributed by atoms with Gasteiger partial charge in [-0.1, -0.05) is 11.6 Å². The second kappa shape index (κ2) is 6.19. The van der Waals surface area contributed by atoms with Gasteiger partial charge < -0.3 is 5.32 Å². The van der Waals surface area contributed by atoms with Crippen molar-refractivity contribution in [2.75, 3.05) is 0 Å². The molecule has 18 heavy (non-hydrogen) atoms. The molecule has 0 aliphatic carbocycles. The molecule has 0 fully saturated rings. The molecule has 2 rings (SSSR count). The molecule has 0 atom stereocenters. The summed E-state index contributed by atoms with van der Waals surface area (Å²) in [6, 6.07) is 9.08. The van der Waals surface area contributed by atoms with Crippen molar-refractivity contribution >= 4 is 60.7 Å². The predicted octanol–water partition coefficient (Wildman–Crippen LogP) is 4.86. The van der Waals surface area contributed by atoms with Gasteiger partial charge in [0.2, 0.25) is 0 Å². The van der Waals surface area contributed by atoms with E-state index in [1.807, 2.05) is 12.1 Å². The monoisotopic (exact) mass is 407 g/mol. The van der Waals surface area contributed by atoms with Crippen molar-refractivity contribution in [3.8, 4) is 0 Å². The summed E-state index contributed by atoms with van der Waals surface area (Å²) in [7, 11) is 0. The summed E-state index contributed by atoms with van der Waals surface area (Å²) in [5.41, 5.74) is 0.554. The lowest BCUT2D eigenvalue weighted by molar-refractivity contribution is 0.0951. The van der Waals surface area contributed by atoms with E-state index in [0.717, 1.165) is 13.1 Å². The van der Waals surface area contributed by atoms with E-state index >= 15 is 0 Å². The number of hydrogen-bond acceptors (Lipinski definition) is 2. The second-order valence-electron chi connectivity index (χ2n) is 3.52. The molecule has 1 heterocycles. The maximum Gasteiger partial charge on any atom is 0.251 e. The van der Waals surface area contributed by atoms with E-state index in [4.69, 9.17) is 11.6 Å². The van der Waals surface area contributed by atoms with E-state index in [1.165, 1.54) is 0 Å². The van der Waals surface area contributed by atoms with E-state index in [1.54, 1.807) is 29.5 Å². The van der Waals surface area contributed by atoms with Gasteiger partial charge in [-0.3, -0.25) is 4.79 Å². The molecule has 2 aromatic rings. The number of carbonyl (C=O) groups excluding carboxylic acids is 1. The molecule has 6 heteroatoms. The molecule has 0 unspecified atom stereocenters. The van der Waals surface area contributed by atoms with Crippen LogP contribution in [0.2, 0.25) is 5.02 Å². The van der Waals surface area contributed by atoms with Crippen molar-refractivity contribution in [1.29, 1.82) is 0 Å². The van der Waals surface area contributed by atoms with Crippen molar-refractivity contribution in [3.05, 3.63) is 54.1 Å². The first-order valence-electron chi connectivity index (χ1n) is 5.04. The van der Waals surface area contributed by atoms with Crippen LogP contribution < -0.4 is 5.32 Å². The van der Waals surface area contributed by atoms with Crippen LogP contribution in [0.3, 0.4) is 0 Å². The quantitative estimate of drug-likeness (QED) is 0.771. The number of carbonyl (C=O) groups is 1. The molecule has 0 saturated heterocycles. The van der Waals surface area contributed by atoms with Crippen molar-refractivity contribution in [1.82, 2.24) is 5.32 Å². The van der Waals surface area contributed by atoms with Gasteiger partial charge in [-0.2, -0.15) is 0 Å². The largest absolute Gasteiger partial charge is 0.347 e. The highest BCUT2D eigenvalue weighted by atomic mass is 79.9. The van der Waals surface area contributed by atoms with Crippen molar-refractivity contribution in [2.24, 2.45) is 0 Å². The Kier molecular flexibility index (Phi) is 4.84. The lowest BCUT2D eigenvalue weighted by Crippen LogP contribution is -2.22.